The number of hydrogen-bond acceptors (Lipinski definition) is 4. The Kier molecular flexibility index (Phi) is 6.04. The lowest BCUT2D eigenvalue weighted by molar-refractivity contribution is -0.117. The van der Waals surface area contributed by atoms with Crippen LogP contribution in [0.25, 0.3) is 0 Å². The van der Waals surface area contributed by atoms with Crippen LogP contribution < -0.4 is 5.32 Å². The smallest absolute Gasteiger partial charge is 0.257 e. The van der Waals surface area contributed by atoms with E-state index in [0.29, 0.717) is 16.3 Å². The fourth-order valence-corrected chi connectivity index (χ4v) is 1.72. The number of aliphatic hydroxyl groups excluding tert-OH is 1. The van der Waals surface area contributed by atoms with Crippen LogP contribution in [0, 0.1) is 0 Å². The first-order valence-electron chi connectivity index (χ1n) is 4.92. The van der Waals surface area contributed by atoms with E-state index in [1.807, 2.05) is 0 Å². The molecule has 0 radical (unpaired) electrons. The molecular formula is C11H12ClNO3S. The van der Waals surface area contributed by atoms with E-state index in [1.165, 1.54) is 11.8 Å². The van der Waals surface area contributed by atoms with Crippen LogP contribution in [0.4, 0.5) is 0 Å². The van der Waals surface area contributed by atoms with Gasteiger partial charge in [-0.15, -0.1) is 11.8 Å². The van der Waals surface area contributed by atoms with Gasteiger partial charge in [0, 0.05) is 16.3 Å². The number of nitrogens with one attached hydrogen (secondary N) is 1. The predicted molar refractivity (Wildman–Crippen MR) is 68.3 cm³/mol. The predicted octanol–water partition coefficient (Wildman–Crippen LogP) is 1.32. The molecule has 2 N–H and O–H groups in total. The number of carbonyl (C=O) groups excluding carboxylic acids is 2. The van der Waals surface area contributed by atoms with Gasteiger partial charge in [-0.3, -0.25) is 14.9 Å². The zero-order valence-corrected chi connectivity index (χ0v) is 10.6. The first-order chi connectivity index (χ1) is 8.13. The minimum Gasteiger partial charge on any atom is -0.396 e. The zero-order valence-electron chi connectivity index (χ0n) is 8.98. The maximum atomic E-state index is 11.6. The van der Waals surface area contributed by atoms with Crippen molar-refractivity contribution in [2.75, 3.05) is 18.1 Å². The van der Waals surface area contributed by atoms with Gasteiger partial charge in [-0.05, 0) is 24.3 Å². The molecule has 0 fully saturated rings. The van der Waals surface area contributed by atoms with Crippen molar-refractivity contribution in [2.45, 2.75) is 0 Å². The number of benzene rings is 1. The minimum absolute atomic E-state index is 0.0169. The summed E-state index contributed by atoms with van der Waals surface area (Å²) in [5.74, 6) is -0.192. The molecule has 1 rings (SSSR count). The highest BCUT2D eigenvalue weighted by Gasteiger charge is 2.09. The normalized spacial score (nSPS) is 10.0. The standard InChI is InChI=1S/C11H12ClNO3S/c12-9-3-1-8(2-4-9)11(16)13-10(15)7-17-6-5-14/h1-4,14H,5-7H2,(H,13,15,16). The van der Waals surface area contributed by atoms with E-state index < -0.39 is 5.91 Å². The van der Waals surface area contributed by atoms with Crippen molar-refractivity contribution in [3.8, 4) is 0 Å². The number of amides is 2. The molecule has 6 heteroatoms. The molecule has 0 aromatic heterocycles. The molecule has 0 aliphatic rings. The Balaban J connectivity index is 2.43. The van der Waals surface area contributed by atoms with Crippen LogP contribution >= 0.6 is 23.4 Å². The van der Waals surface area contributed by atoms with Crippen molar-refractivity contribution in [2.24, 2.45) is 0 Å². The molecule has 92 valence electrons. The van der Waals surface area contributed by atoms with E-state index in [4.69, 9.17) is 16.7 Å². The average Bonchev–Trinajstić information content (AvgIpc) is 2.30. The molecule has 17 heavy (non-hydrogen) atoms. The summed E-state index contributed by atoms with van der Waals surface area (Å²) in [6.45, 7) is 0.0169. The second-order valence-corrected chi connectivity index (χ2v) is 4.70. The first kappa shape index (κ1) is 14.0. The fourth-order valence-electron chi connectivity index (χ4n) is 1.07. The van der Waals surface area contributed by atoms with Gasteiger partial charge < -0.3 is 5.11 Å². The number of aliphatic hydroxyl groups is 1. The van der Waals surface area contributed by atoms with E-state index >= 15 is 0 Å². The molecular weight excluding hydrogens is 262 g/mol. The Labute approximate surface area is 108 Å². The van der Waals surface area contributed by atoms with Gasteiger partial charge in [-0.25, -0.2) is 0 Å². The van der Waals surface area contributed by atoms with E-state index in [9.17, 15) is 9.59 Å². The van der Waals surface area contributed by atoms with Crippen LogP contribution in [-0.4, -0.2) is 35.0 Å². The average molecular weight is 274 g/mol. The number of halogens is 1. The summed E-state index contributed by atoms with van der Waals surface area (Å²) < 4.78 is 0. The van der Waals surface area contributed by atoms with E-state index in [-0.39, 0.29) is 18.3 Å². The molecule has 4 nitrogen and oxygen atoms in total. The molecule has 0 saturated carbocycles. The Morgan fingerprint density at radius 2 is 1.94 bits per heavy atom. The summed E-state index contributed by atoms with van der Waals surface area (Å²) in [5, 5.41) is 11.3. The van der Waals surface area contributed by atoms with E-state index in [2.05, 4.69) is 5.32 Å². The molecule has 1 aromatic carbocycles. The molecule has 1 aromatic rings. The summed E-state index contributed by atoms with van der Waals surface area (Å²) in [7, 11) is 0. The van der Waals surface area contributed by atoms with Gasteiger partial charge in [0.25, 0.3) is 5.91 Å². The molecule has 0 saturated heterocycles. The zero-order chi connectivity index (χ0) is 12.7. The van der Waals surface area contributed by atoms with Crippen LogP contribution in [0.3, 0.4) is 0 Å². The second-order valence-electron chi connectivity index (χ2n) is 3.16. The van der Waals surface area contributed by atoms with Crippen molar-refractivity contribution >= 4 is 35.2 Å². The molecule has 0 heterocycles. The highest BCUT2D eigenvalue weighted by Crippen LogP contribution is 2.09. The third-order valence-electron chi connectivity index (χ3n) is 1.83. The topological polar surface area (TPSA) is 66.4 Å². The van der Waals surface area contributed by atoms with Crippen molar-refractivity contribution in [3.63, 3.8) is 0 Å². The summed E-state index contributed by atoms with van der Waals surface area (Å²) >= 11 is 6.95. The van der Waals surface area contributed by atoms with Crippen LogP contribution in [-0.2, 0) is 4.79 Å². The van der Waals surface area contributed by atoms with Crippen molar-refractivity contribution < 1.29 is 14.7 Å². The monoisotopic (exact) mass is 273 g/mol. The van der Waals surface area contributed by atoms with Crippen LogP contribution in [0.2, 0.25) is 5.02 Å². The van der Waals surface area contributed by atoms with Crippen molar-refractivity contribution in [1.29, 1.82) is 0 Å². The highest BCUT2D eigenvalue weighted by atomic mass is 35.5. The van der Waals surface area contributed by atoms with Crippen LogP contribution in [0.15, 0.2) is 24.3 Å². The quantitative estimate of drug-likeness (QED) is 0.794. The van der Waals surface area contributed by atoms with Crippen LogP contribution in [0.5, 0.6) is 0 Å². The Morgan fingerprint density at radius 3 is 2.53 bits per heavy atom. The first-order valence-corrected chi connectivity index (χ1v) is 6.45. The lowest BCUT2D eigenvalue weighted by atomic mass is 10.2. The SMILES string of the molecule is O=C(CSCCO)NC(=O)c1ccc(Cl)cc1. The minimum atomic E-state index is -0.448. The van der Waals surface area contributed by atoms with Gasteiger partial charge in [-0.1, -0.05) is 11.6 Å². The van der Waals surface area contributed by atoms with Gasteiger partial charge in [-0.2, -0.15) is 0 Å². The maximum Gasteiger partial charge on any atom is 0.257 e. The molecule has 0 bridgehead atoms. The largest absolute Gasteiger partial charge is 0.396 e. The summed E-state index contributed by atoms with van der Waals surface area (Å²) in [6, 6.07) is 6.26. The van der Waals surface area contributed by atoms with Gasteiger partial charge in [0.05, 0.1) is 12.4 Å². The van der Waals surface area contributed by atoms with Crippen molar-refractivity contribution in [1.82, 2.24) is 5.32 Å². The van der Waals surface area contributed by atoms with E-state index in [0.717, 1.165) is 0 Å². The van der Waals surface area contributed by atoms with Gasteiger partial charge >= 0.3 is 0 Å². The molecule has 0 aliphatic heterocycles. The third-order valence-corrected chi connectivity index (χ3v) is 3.02. The molecule has 0 atom stereocenters. The summed E-state index contributed by atoms with van der Waals surface area (Å²) in [5.41, 5.74) is 0.384. The van der Waals surface area contributed by atoms with E-state index in [1.54, 1.807) is 24.3 Å². The Bertz CT molecular complexity index is 394. The number of rotatable bonds is 5. The Morgan fingerprint density at radius 1 is 1.29 bits per heavy atom. The summed E-state index contributed by atoms with van der Waals surface area (Å²) in [4.78, 5) is 22.9. The second kappa shape index (κ2) is 7.32. The fraction of sp³-hybridized carbons (Fsp3) is 0.273. The lowest BCUT2D eigenvalue weighted by Crippen LogP contribution is -2.31. The molecule has 0 spiro atoms. The number of thioether (sulfide) groups is 1. The molecule has 2 amide bonds. The molecule has 0 aliphatic carbocycles. The Hall–Kier alpha value is -1.04. The number of carbonyl (C=O) groups is 2. The highest BCUT2D eigenvalue weighted by molar-refractivity contribution is 7.99. The maximum absolute atomic E-state index is 11.6. The van der Waals surface area contributed by atoms with Gasteiger partial charge in [0.2, 0.25) is 5.91 Å². The molecule has 0 unspecified atom stereocenters. The summed E-state index contributed by atoms with van der Waals surface area (Å²) in [6.07, 6.45) is 0. The van der Waals surface area contributed by atoms with Crippen molar-refractivity contribution in [3.05, 3.63) is 34.9 Å². The van der Waals surface area contributed by atoms with Gasteiger partial charge in [0.1, 0.15) is 0 Å². The number of imide groups is 1. The number of hydrogen-bond donors (Lipinski definition) is 2. The van der Waals surface area contributed by atoms with Gasteiger partial charge in [0.15, 0.2) is 0 Å². The lowest BCUT2D eigenvalue weighted by Gasteiger charge is -2.03. The third kappa shape index (κ3) is 5.21. The van der Waals surface area contributed by atoms with Crippen LogP contribution in [0.1, 0.15) is 10.4 Å².